The summed E-state index contributed by atoms with van der Waals surface area (Å²) in [5.74, 6) is 1.15. The molecule has 0 amide bonds. The van der Waals surface area contributed by atoms with E-state index in [0.29, 0.717) is 17.8 Å². The van der Waals surface area contributed by atoms with Crippen LogP contribution in [0.5, 0.6) is 0 Å². The highest BCUT2D eigenvalue weighted by atomic mass is 16.5. The van der Waals surface area contributed by atoms with E-state index in [1.165, 1.54) is 25.0 Å². The average Bonchev–Trinajstić information content (AvgIpc) is 2.89. The van der Waals surface area contributed by atoms with E-state index in [0.717, 1.165) is 25.7 Å². The van der Waals surface area contributed by atoms with Crippen LogP contribution in [-0.2, 0) is 19.1 Å². The third-order valence-corrected chi connectivity index (χ3v) is 8.65. The molecule has 0 spiro atoms. The van der Waals surface area contributed by atoms with Crippen molar-refractivity contribution in [2.45, 2.75) is 79.4 Å². The van der Waals surface area contributed by atoms with Gasteiger partial charge < -0.3 is 9.47 Å². The average molecular weight is 387 g/mol. The number of carbonyl (C=O) groups excluding carboxylic acids is 2. The molecule has 0 aliphatic heterocycles. The first-order valence-corrected chi connectivity index (χ1v) is 10.8. The molecule has 8 atom stereocenters. The van der Waals surface area contributed by atoms with Crippen molar-refractivity contribution < 1.29 is 19.1 Å². The highest BCUT2D eigenvalue weighted by Gasteiger charge is 2.67. The van der Waals surface area contributed by atoms with E-state index in [4.69, 9.17) is 9.47 Å². The summed E-state index contributed by atoms with van der Waals surface area (Å²) < 4.78 is 11.8. The highest BCUT2D eigenvalue weighted by Crippen LogP contribution is 2.70. The quantitative estimate of drug-likeness (QED) is 0.638. The molecular formula is C24H34O4. The zero-order valence-electron chi connectivity index (χ0n) is 18.1. The van der Waals surface area contributed by atoms with E-state index in [1.54, 1.807) is 0 Å². The number of ether oxygens (including phenoxy) is 2. The van der Waals surface area contributed by atoms with E-state index in [1.807, 2.05) is 0 Å². The normalized spacial score (nSPS) is 46.6. The molecular weight excluding hydrogens is 352 g/mol. The highest BCUT2D eigenvalue weighted by molar-refractivity contribution is 5.67. The van der Waals surface area contributed by atoms with Gasteiger partial charge in [-0.1, -0.05) is 38.5 Å². The Balaban J connectivity index is 1.86. The van der Waals surface area contributed by atoms with Gasteiger partial charge in [0.15, 0.2) is 0 Å². The van der Waals surface area contributed by atoms with Crippen LogP contribution in [0.4, 0.5) is 0 Å². The molecule has 4 aliphatic rings. The van der Waals surface area contributed by atoms with Gasteiger partial charge in [-0.15, -0.1) is 0 Å². The largest absolute Gasteiger partial charge is 0.462 e. The molecule has 4 nitrogen and oxygen atoms in total. The van der Waals surface area contributed by atoms with Crippen molar-refractivity contribution in [1.82, 2.24) is 0 Å². The standard InChI is InChI=1S/C24H34O4/c1-13-7-8-18-14(2)11-20(27-15(3)25)19-12-21(28-16(4)26)23(5)10-9-17(13)22(23)24(18,19)6/h7,9,14,18-22H,8,10-12H2,1-6H3/t14-,18+,19-,20-,21+,22+,23+,24-/m0/s1. The fourth-order valence-corrected chi connectivity index (χ4v) is 7.62. The minimum Gasteiger partial charge on any atom is -0.462 e. The van der Waals surface area contributed by atoms with Crippen molar-refractivity contribution >= 4 is 11.9 Å². The van der Waals surface area contributed by atoms with Crippen LogP contribution < -0.4 is 0 Å². The number of carbonyl (C=O) groups is 2. The smallest absolute Gasteiger partial charge is 0.302 e. The van der Waals surface area contributed by atoms with Crippen molar-refractivity contribution in [3.8, 4) is 0 Å². The van der Waals surface area contributed by atoms with Crippen molar-refractivity contribution in [3.63, 3.8) is 0 Å². The Labute approximate surface area is 168 Å². The molecule has 4 heteroatoms. The monoisotopic (exact) mass is 386 g/mol. The van der Waals surface area contributed by atoms with Gasteiger partial charge in [-0.25, -0.2) is 0 Å². The first kappa shape index (κ1) is 19.7. The molecule has 0 unspecified atom stereocenters. The lowest BCUT2D eigenvalue weighted by Crippen LogP contribution is -2.63. The second-order valence-corrected chi connectivity index (χ2v) is 10.2. The summed E-state index contributed by atoms with van der Waals surface area (Å²) in [7, 11) is 0. The molecule has 154 valence electrons. The minimum atomic E-state index is -0.214. The summed E-state index contributed by atoms with van der Waals surface area (Å²) in [6, 6.07) is 0. The second-order valence-electron chi connectivity index (χ2n) is 10.2. The lowest BCUT2D eigenvalue weighted by molar-refractivity contribution is -0.216. The molecule has 4 aliphatic carbocycles. The van der Waals surface area contributed by atoms with Gasteiger partial charge in [-0.2, -0.15) is 0 Å². The van der Waals surface area contributed by atoms with Crippen LogP contribution in [0.25, 0.3) is 0 Å². The molecule has 0 heterocycles. The summed E-state index contributed by atoms with van der Waals surface area (Å²) in [6.45, 7) is 12.3. The van der Waals surface area contributed by atoms with E-state index >= 15 is 0 Å². The van der Waals surface area contributed by atoms with Crippen molar-refractivity contribution in [3.05, 3.63) is 23.3 Å². The Morgan fingerprint density at radius 3 is 2.36 bits per heavy atom. The molecule has 2 fully saturated rings. The van der Waals surface area contributed by atoms with Gasteiger partial charge >= 0.3 is 11.9 Å². The summed E-state index contributed by atoms with van der Waals surface area (Å²) >= 11 is 0. The van der Waals surface area contributed by atoms with Crippen LogP contribution in [0, 0.1) is 34.5 Å². The molecule has 0 aromatic rings. The number of rotatable bonds is 2. The molecule has 4 rings (SSSR count). The molecule has 0 N–H and O–H groups in total. The van der Waals surface area contributed by atoms with Crippen LogP contribution in [-0.4, -0.2) is 24.1 Å². The first-order valence-electron chi connectivity index (χ1n) is 10.8. The van der Waals surface area contributed by atoms with Crippen LogP contribution in [0.15, 0.2) is 23.3 Å². The summed E-state index contributed by atoms with van der Waals surface area (Å²) in [4.78, 5) is 23.8. The van der Waals surface area contributed by atoms with Crippen LogP contribution in [0.3, 0.4) is 0 Å². The second kappa shape index (κ2) is 6.47. The van der Waals surface area contributed by atoms with Crippen molar-refractivity contribution in [1.29, 1.82) is 0 Å². The van der Waals surface area contributed by atoms with Gasteiger partial charge in [-0.05, 0) is 61.3 Å². The fourth-order valence-electron chi connectivity index (χ4n) is 7.62. The van der Waals surface area contributed by atoms with Gasteiger partial charge in [0.2, 0.25) is 0 Å². The summed E-state index contributed by atoms with van der Waals surface area (Å²) in [5, 5.41) is 0. The zero-order chi connectivity index (χ0) is 20.4. The van der Waals surface area contributed by atoms with Gasteiger partial charge in [-0.3, -0.25) is 9.59 Å². The topological polar surface area (TPSA) is 52.6 Å². The molecule has 2 saturated carbocycles. The van der Waals surface area contributed by atoms with Gasteiger partial charge in [0.1, 0.15) is 12.2 Å². The van der Waals surface area contributed by atoms with Crippen LogP contribution in [0.1, 0.15) is 67.2 Å². The predicted molar refractivity (Wildman–Crippen MR) is 107 cm³/mol. The number of hydrogen-bond acceptors (Lipinski definition) is 4. The van der Waals surface area contributed by atoms with E-state index in [-0.39, 0.29) is 40.9 Å². The number of esters is 2. The molecule has 0 saturated heterocycles. The molecule has 28 heavy (non-hydrogen) atoms. The Hall–Kier alpha value is -1.58. The molecule has 0 bridgehead atoms. The van der Waals surface area contributed by atoms with Crippen molar-refractivity contribution in [2.24, 2.45) is 34.5 Å². The van der Waals surface area contributed by atoms with Crippen LogP contribution in [0.2, 0.25) is 0 Å². The predicted octanol–water partition coefficient (Wildman–Crippen LogP) is 4.83. The Bertz CT molecular complexity index is 765. The van der Waals surface area contributed by atoms with Gasteiger partial charge in [0.25, 0.3) is 0 Å². The molecule has 0 radical (unpaired) electrons. The lowest BCUT2D eigenvalue weighted by atomic mass is 9.42. The van der Waals surface area contributed by atoms with Gasteiger partial charge in [0, 0.05) is 25.2 Å². The van der Waals surface area contributed by atoms with E-state index in [2.05, 4.69) is 39.8 Å². The zero-order valence-corrected chi connectivity index (χ0v) is 18.1. The maximum atomic E-state index is 12.0. The third-order valence-electron chi connectivity index (χ3n) is 8.65. The summed E-state index contributed by atoms with van der Waals surface area (Å²) in [5.41, 5.74) is 2.74. The Morgan fingerprint density at radius 1 is 1.04 bits per heavy atom. The molecule has 0 aromatic heterocycles. The Kier molecular flexibility index (Phi) is 4.55. The maximum Gasteiger partial charge on any atom is 0.302 e. The van der Waals surface area contributed by atoms with E-state index < -0.39 is 0 Å². The van der Waals surface area contributed by atoms with Gasteiger partial charge in [0.05, 0.1) is 0 Å². The maximum absolute atomic E-state index is 12.0. The first-order chi connectivity index (χ1) is 13.1. The lowest BCUT2D eigenvalue weighted by Gasteiger charge is -2.64. The Morgan fingerprint density at radius 2 is 1.71 bits per heavy atom. The van der Waals surface area contributed by atoms with Crippen molar-refractivity contribution in [2.75, 3.05) is 0 Å². The number of hydrogen-bond donors (Lipinski definition) is 0. The fraction of sp³-hybridized carbons (Fsp3) is 0.750. The number of allylic oxidation sites excluding steroid dienone is 4. The third kappa shape index (κ3) is 2.63. The minimum absolute atomic E-state index is 0.0276. The van der Waals surface area contributed by atoms with Crippen LogP contribution >= 0.6 is 0 Å². The SMILES string of the molecule is CC(=O)O[C@H]1C[C@H](C)[C@H]2CC=C(C)C3=CC[C@@]4(C)[C@@H]3[C@]2(C)[C@H]1C[C@H]4OC(C)=O. The summed E-state index contributed by atoms with van der Waals surface area (Å²) in [6.07, 6.45) is 8.27. The molecule has 0 aromatic carbocycles. The van der Waals surface area contributed by atoms with E-state index in [9.17, 15) is 9.59 Å².